The molecule has 0 saturated carbocycles. The SMILES string of the molecule is O=C(CSc1nnc(-c2ccc(C(F)(F)F)cn2)s1)Nc1cccc(C(F)(F)F)c1. The maximum Gasteiger partial charge on any atom is 0.417 e. The van der Waals surface area contributed by atoms with Gasteiger partial charge in [-0.05, 0) is 30.3 Å². The fourth-order valence-corrected chi connectivity index (χ4v) is 3.79. The average molecular weight is 464 g/mol. The summed E-state index contributed by atoms with van der Waals surface area (Å²) in [7, 11) is 0. The van der Waals surface area contributed by atoms with Gasteiger partial charge in [0.05, 0.1) is 16.9 Å². The quantitative estimate of drug-likeness (QED) is 0.406. The number of anilines is 1. The first-order chi connectivity index (χ1) is 14.0. The second kappa shape index (κ2) is 8.60. The molecule has 1 amide bonds. The Bertz CT molecular complexity index is 1030. The number of pyridine rings is 1. The van der Waals surface area contributed by atoms with Crippen molar-refractivity contribution in [2.75, 3.05) is 11.1 Å². The summed E-state index contributed by atoms with van der Waals surface area (Å²) in [6, 6.07) is 6.26. The van der Waals surface area contributed by atoms with Crippen LogP contribution >= 0.6 is 23.1 Å². The molecule has 30 heavy (non-hydrogen) atoms. The van der Waals surface area contributed by atoms with E-state index in [1.165, 1.54) is 12.1 Å². The van der Waals surface area contributed by atoms with E-state index < -0.39 is 29.4 Å². The Morgan fingerprint density at radius 1 is 1.00 bits per heavy atom. The molecule has 0 unspecified atom stereocenters. The van der Waals surface area contributed by atoms with Gasteiger partial charge in [0.25, 0.3) is 0 Å². The Morgan fingerprint density at radius 3 is 2.37 bits per heavy atom. The second-order valence-electron chi connectivity index (χ2n) is 5.72. The predicted molar refractivity (Wildman–Crippen MR) is 98.9 cm³/mol. The Kier molecular flexibility index (Phi) is 6.31. The molecule has 1 N–H and O–H groups in total. The zero-order valence-corrected chi connectivity index (χ0v) is 16.2. The minimum absolute atomic E-state index is 0.00216. The lowest BCUT2D eigenvalue weighted by atomic mass is 10.2. The summed E-state index contributed by atoms with van der Waals surface area (Å²) in [6.07, 6.45) is -8.34. The fourth-order valence-electron chi connectivity index (χ4n) is 2.16. The molecule has 0 bridgehead atoms. The van der Waals surface area contributed by atoms with E-state index >= 15 is 0 Å². The maximum atomic E-state index is 12.7. The van der Waals surface area contributed by atoms with Crippen molar-refractivity contribution in [2.24, 2.45) is 0 Å². The van der Waals surface area contributed by atoms with Gasteiger partial charge in [0.1, 0.15) is 5.69 Å². The molecule has 5 nitrogen and oxygen atoms in total. The number of amides is 1. The van der Waals surface area contributed by atoms with Crippen LogP contribution in [0.1, 0.15) is 11.1 Å². The van der Waals surface area contributed by atoms with Crippen LogP contribution < -0.4 is 5.32 Å². The normalized spacial score (nSPS) is 12.1. The Labute approximate surface area is 173 Å². The number of benzene rings is 1. The molecule has 3 aromatic rings. The maximum absolute atomic E-state index is 12.7. The molecule has 1 aromatic carbocycles. The molecule has 0 aliphatic heterocycles. The number of carbonyl (C=O) groups excluding carboxylic acids is 1. The van der Waals surface area contributed by atoms with Crippen LogP contribution in [0.15, 0.2) is 46.9 Å². The molecule has 158 valence electrons. The van der Waals surface area contributed by atoms with Crippen LogP contribution in [-0.4, -0.2) is 26.8 Å². The molecule has 2 heterocycles. The van der Waals surface area contributed by atoms with Gasteiger partial charge in [0.2, 0.25) is 5.91 Å². The molecule has 0 radical (unpaired) electrons. The highest BCUT2D eigenvalue weighted by Crippen LogP contribution is 2.33. The van der Waals surface area contributed by atoms with Crippen LogP contribution in [0.4, 0.5) is 32.0 Å². The van der Waals surface area contributed by atoms with Crippen LogP contribution in [0.25, 0.3) is 10.7 Å². The van der Waals surface area contributed by atoms with Crippen molar-refractivity contribution in [3.8, 4) is 10.7 Å². The summed E-state index contributed by atoms with van der Waals surface area (Å²) in [5.74, 6) is -0.700. The number of nitrogens with one attached hydrogen (secondary N) is 1. The number of nitrogens with zero attached hydrogens (tertiary/aromatic N) is 3. The number of carbonyl (C=O) groups is 1. The molecule has 2 aromatic heterocycles. The summed E-state index contributed by atoms with van der Waals surface area (Å²) >= 11 is 2.00. The lowest BCUT2D eigenvalue weighted by Gasteiger charge is -2.09. The van der Waals surface area contributed by atoms with Crippen LogP contribution in [-0.2, 0) is 17.1 Å². The van der Waals surface area contributed by atoms with Gasteiger partial charge in [-0.15, -0.1) is 10.2 Å². The molecular formula is C17H10F6N4OS2. The number of hydrogen-bond donors (Lipinski definition) is 1. The highest BCUT2D eigenvalue weighted by molar-refractivity contribution is 8.01. The van der Waals surface area contributed by atoms with Gasteiger partial charge in [0.15, 0.2) is 9.35 Å². The van der Waals surface area contributed by atoms with Gasteiger partial charge in [0, 0.05) is 11.9 Å². The first kappa shape index (κ1) is 22.0. The van der Waals surface area contributed by atoms with Crippen molar-refractivity contribution in [3.63, 3.8) is 0 Å². The van der Waals surface area contributed by atoms with E-state index in [2.05, 4.69) is 20.5 Å². The predicted octanol–water partition coefficient (Wildman–Crippen LogP) is 5.37. The van der Waals surface area contributed by atoms with Crippen LogP contribution in [0.3, 0.4) is 0 Å². The topological polar surface area (TPSA) is 67.8 Å². The van der Waals surface area contributed by atoms with Crippen molar-refractivity contribution in [1.82, 2.24) is 15.2 Å². The van der Waals surface area contributed by atoms with E-state index in [0.29, 0.717) is 10.5 Å². The van der Waals surface area contributed by atoms with E-state index in [-0.39, 0.29) is 22.1 Å². The number of halogens is 6. The van der Waals surface area contributed by atoms with Crippen molar-refractivity contribution < 1.29 is 31.1 Å². The van der Waals surface area contributed by atoms with E-state index in [9.17, 15) is 31.1 Å². The number of thioether (sulfide) groups is 1. The lowest BCUT2D eigenvalue weighted by molar-refractivity contribution is -0.138. The molecule has 0 aliphatic rings. The van der Waals surface area contributed by atoms with Gasteiger partial charge in [-0.1, -0.05) is 29.2 Å². The molecule has 13 heteroatoms. The molecule has 0 saturated heterocycles. The standard InChI is InChI=1S/C17H10F6N4OS2/c18-16(19,20)9-2-1-3-11(6-9)25-13(28)8-29-15-27-26-14(30-15)12-5-4-10(7-24-12)17(21,22)23/h1-7H,8H2,(H,25,28). The van der Waals surface area contributed by atoms with Crippen molar-refractivity contribution >= 4 is 34.7 Å². The Balaban J connectivity index is 1.58. The summed E-state index contributed by atoms with van der Waals surface area (Å²) in [6.45, 7) is 0. The fraction of sp³-hybridized carbons (Fsp3) is 0.176. The first-order valence-corrected chi connectivity index (χ1v) is 9.79. The van der Waals surface area contributed by atoms with Gasteiger partial charge in [-0.25, -0.2) is 0 Å². The number of rotatable bonds is 5. The number of alkyl halides is 6. The lowest BCUT2D eigenvalue weighted by Crippen LogP contribution is -2.15. The molecule has 0 spiro atoms. The van der Waals surface area contributed by atoms with Crippen molar-refractivity contribution in [3.05, 3.63) is 53.7 Å². The smallest absolute Gasteiger partial charge is 0.325 e. The Hall–Kier alpha value is -2.67. The zero-order chi connectivity index (χ0) is 21.9. The third kappa shape index (κ3) is 5.69. The summed E-state index contributed by atoms with van der Waals surface area (Å²) in [4.78, 5) is 15.7. The van der Waals surface area contributed by atoms with Crippen LogP contribution in [0.2, 0.25) is 0 Å². The third-order valence-corrected chi connectivity index (χ3v) is 5.60. The highest BCUT2D eigenvalue weighted by Gasteiger charge is 2.31. The van der Waals surface area contributed by atoms with E-state index in [1.807, 2.05) is 0 Å². The van der Waals surface area contributed by atoms with Crippen molar-refractivity contribution in [1.29, 1.82) is 0 Å². The van der Waals surface area contributed by atoms with E-state index in [0.717, 1.165) is 47.4 Å². The molecular weight excluding hydrogens is 454 g/mol. The van der Waals surface area contributed by atoms with E-state index in [4.69, 9.17) is 0 Å². The number of aromatic nitrogens is 3. The number of hydrogen-bond acceptors (Lipinski definition) is 6. The zero-order valence-electron chi connectivity index (χ0n) is 14.6. The van der Waals surface area contributed by atoms with E-state index in [1.54, 1.807) is 0 Å². The average Bonchev–Trinajstić information content (AvgIpc) is 3.14. The van der Waals surface area contributed by atoms with Gasteiger partial charge < -0.3 is 5.32 Å². The largest absolute Gasteiger partial charge is 0.417 e. The molecule has 0 atom stereocenters. The summed E-state index contributed by atoms with van der Waals surface area (Å²) in [5, 5.41) is 10.3. The second-order valence-corrected chi connectivity index (χ2v) is 7.92. The van der Waals surface area contributed by atoms with Crippen LogP contribution in [0.5, 0.6) is 0 Å². The van der Waals surface area contributed by atoms with Gasteiger partial charge >= 0.3 is 12.4 Å². The first-order valence-electron chi connectivity index (χ1n) is 7.99. The van der Waals surface area contributed by atoms with Gasteiger partial charge in [-0.3, -0.25) is 9.78 Å². The monoisotopic (exact) mass is 464 g/mol. The highest BCUT2D eigenvalue weighted by atomic mass is 32.2. The summed E-state index contributed by atoms with van der Waals surface area (Å²) in [5.41, 5.74) is -1.58. The molecule has 3 rings (SSSR count). The summed E-state index contributed by atoms with van der Waals surface area (Å²) < 4.78 is 76.2. The van der Waals surface area contributed by atoms with Crippen molar-refractivity contribution in [2.45, 2.75) is 16.7 Å². The minimum Gasteiger partial charge on any atom is -0.325 e. The molecule has 0 fully saturated rings. The minimum atomic E-state index is -4.52. The third-order valence-electron chi connectivity index (χ3n) is 3.52. The Morgan fingerprint density at radius 2 is 1.73 bits per heavy atom. The molecule has 0 aliphatic carbocycles. The van der Waals surface area contributed by atoms with Gasteiger partial charge in [-0.2, -0.15) is 26.3 Å². The van der Waals surface area contributed by atoms with Crippen LogP contribution in [0, 0.1) is 0 Å².